The van der Waals surface area contributed by atoms with Crippen molar-refractivity contribution < 1.29 is 14.3 Å². The van der Waals surface area contributed by atoms with E-state index in [0.717, 1.165) is 10.0 Å². The Morgan fingerprint density at radius 2 is 1.96 bits per heavy atom. The van der Waals surface area contributed by atoms with E-state index in [0.29, 0.717) is 29.5 Å². The number of amides is 2. The number of aromatic nitrogens is 1. The topological polar surface area (TPSA) is 107 Å². The summed E-state index contributed by atoms with van der Waals surface area (Å²) in [7, 11) is 1.42. The van der Waals surface area contributed by atoms with Crippen LogP contribution in [-0.2, 0) is 6.61 Å². The van der Waals surface area contributed by atoms with Gasteiger partial charge in [0, 0.05) is 19.3 Å². The van der Waals surface area contributed by atoms with E-state index < -0.39 is 6.03 Å². The van der Waals surface area contributed by atoms with Crippen LogP contribution in [0.1, 0.15) is 12.5 Å². The molecule has 0 atom stereocenters. The van der Waals surface area contributed by atoms with E-state index in [2.05, 4.69) is 4.98 Å². The molecule has 0 aliphatic heterocycles. The van der Waals surface area contributed by atoms with Gasteiger partial charge in [-0.05, 0) is 25.1 Å². The van der Waals surface area contributed by atoms with Gasteiger partial charge >= 0.3 is 6.03 Å². The number of hydrogen-bond donors (Lipinski definition) is 2. The lowest BCUT2D eigenvalue weighted by molar-refractivity contribution is 0.216. The summed E-state index contributed by atoms with van der Waals surface area (Å²) in [5, 5.41) is 1.86. The third-order valence-corrected chi connectivity index (χ3v) is 3.18. The zero-order valence-electron chi connectivity index (χ0n) is 13.7. The normalized spacial score (nSPS) is 10.2. The van der Waals surface area contributed by atoms with Gasteiger partial charge in [0.05, 0.1) is 17.9 Å². The standard InChI is InChI=1S/C16H21N5O3/c1-3-23-14-8-6-7-13(21(18)16(22)20(2)17)12(14)11-24-15-9-4-5-10-19-15/h4-10H,3,11,17-18H2,1-2H3. The second kappa shape index (κ2) is 8.14. The van der Waals surface area contributed by atoms with Crippen molar-refractivity contribution >= 4 is 11.7 Å². The highest BCUT2D eigenvalue weighted by molar-refractivity contribution is 5.91. The maximum Gasteiger partial charge on any atom is 0.352 e. The molecule has 0 unspecified atom stereocenters. The number of rotatable bonds is 6. The van der Waals surface area contributed by atoms with Crippen molar-refractivity contribution in [2.45, 2.75) is 13.5 Å². The van der Waals surface area contributed by atoms with Crippen LogP contribution in [0.15, 0.2) is 42.6 Å². The lowest BCUT2D eigenvalue weighted by atomic mass is 10.1. The Hall–Kier alpha value is -2.84. The molecule has 24 heavy (non-hydrogen) atoms. The van der Waals surface area contributed by atoms with Crippen molar-refractivity contribution in [3.63, 3.8) is 0 Å². The smallest absolute Gasteiger partial charge is 0.352 e. The van der Waals surface area contributed by atoms with Gasteiger partial charge in [-0.2, -0.15) is 0 Å². The number of ether oxygens (including phenoxy) is 2. The summed E-state index contributed by atoms with van der Waals surface area (Å²) in [6.07, 6.45) is 1.63. The van der Waals surface area contributed by atoms with Crippen LogP contribution in [0.25, 0.3) is 0 Å². The molecule has 1 aromatic heterocycles. The van der Waals surface area contributed by atoms with Crippen LogP contribution < -0.4 is 26.2 Å². The molecule has 4 N–H and O–H groups in total. The van der Waals surface area contributed by atoms with Gasteiger partial charge in [-0.25, -0.2) is 26.5 Å². The number of hydrogen-bond acceptors (Lipinski definition) is 6. The average Bonchev–Trinajstić information content (AvgIpc) is 2.60. The van der Waals surface area contributed by atoms with E-state index in [9.17, 15) is 4.79 Å². The van der Waals surface area contributed by atoms with Gasteiger partial charge in [0.1, 0.15) is 12.4 Å². The van der Waals surface area contributed by atoms with E-state index in [-0.39, 0.29) is 6.61 Å². The first-order chi connectivity index (χ1) is 11.5. The fourth-order valence-corrected chi connectivity index (χ4v) is 2.07. The first-order valence-electron chi connectivity index (χ1n) is 7.40. The monoisotopic (exact) mass is 331 g/mol. The molecule has 0 saturated carbocycles. The maximum atomic E-state index is 12.0. The summed E-state index contributed by atoms with van der Waals surface area (Å²) < 4.78 is 11.3. The first-order valence-corrected chi connectivity index (χ1v) is 7.40. The minimum atomic E-state index is -0.567. The summed E-state index contributed by atoms with van der Waals surface area (Å²) in [6, 6.07) is 10.0. The van der Waals surface area contributed by atoms with Crippen molar-refractivity contribution in [1.82, 2.24) is 9.99 Å². The molecule has 0 radical (unpaired) electrons. The van der Waals surface area contributed by atoms with Crippen molar-refractivity contribution in [2.75, 3.05) is 18.7 Å². The third kappa shape index (κ3) is 4.12. The molecule has 1 aromatic carbocycles. The van der Waals surface area contributed by atoms with Crippen LogP contribution in [0.5, 0.6) is 11.6 Å². The van der Waals surface area contributed by atoms with E-state index in [1.165, 1.54) is 7.05 Å². The second-order valence-electron chi connectivity index (χ2n) is 4.91. The maximum absolute atomic E-state index is 12.0. The van der Waals surface area contributed by atoms with Crippen molar-refractivity contribution in [1.29, 1.82) is 0 Å². The molecule has 0 bridgehead atoms. The highest BCUT2D eigenvalue weighted by Gasteiger charge is 2.20. The van der Waals surface area contributed by atoms with Gasteiger partial charge in [-0.15, -0.1) is 0 Å². The molecule has 2 rings (SSSR count). The number of carbonyl (C=O) groups excluding carboxylic acids is 1. The molecule has 0 spiro atoms. The zero-order chi connectivity index (χ0) is 17.5. The summed E-state index contributed by atoms with van der Waals surface area (Å²) >= 11 is 0. The summed E-state index contributed by atoms with van der Waals surface area (Å²) in [5.74, 6) is 12.4. The Balaban J connectivity index is 2.32. The Morgan fingerprint density at radius 1 is 1.17 bits per heavy atom. The molecule has 0 aliphatic rings. The van der Waals surface area contributed by atoms with Crippen LogP contribution in [0.2, 0.25) is 0 Å². The number of carbonyl (C=O) groups is 1. The van der Waals surface area contributed by atoms with Crippen LogP contribution in [0, 0.1) is 0 Å². The number of pyridine rings is 1. The minimum absolute atomic E-state index is 0.137. The molecular formula is C16H21N5O3. The fourth-order valence-electron chi connectivity index (χ4n) is 2.07. The van der Waals surface area contributed by atoms with E-state index >= 15 is 0 Å². The number of hydrazine groups is 2. The van der Waals surface area contributed by atoms with Gasteiger partial charge in [0.2, 0.25) is 5.88 Å². The largest absolute Gasteiger partial charge is 0.493 e. The Bertz CT molecular complexity index is 679. The number of nitrogens with zero attached hydrogens (tertiary/aromatic N) is 3. The molecule has 8 nitrogen and oxygen atoms in total. The first kappa shape index (κ1) is 17.5. The minimum Gasteiger partial charge on any atom is -0.493 e. The van der Waals surface area contributed by atoms with Crippen molar-refractivity contribution in [3.8, 4) is 11.6 Å². The molecular weight excluding hydrogens is 310 g/mol. The van der Waals surface area contributed by atoms with E-state index in [1.54, 1.807) is 36.5 Å². The molecule has 1 heterocycles. The number of nitrogens with two attached hydrogens (primary N) is 2. The van der Waals surface area contributed by atoms with Crippen molar-refractivity contribution in [3.05, 3.63) is 48.2 Å². The van der Waals surface area contributed by atoms with Gasteiger partial charge in [0.25, 0.3) is 0 Å². The van der Waals surface area contributed by atoms with Crippen LogP contribution in [0.4, 0.5) is 10.5 Å². The quantitative estimate of drug-likeness (QED) is 0.474. The summed E-state index contributed by atoms with van der Waals surface area (Å²) in [4.78, 5) is 16.2. The highest BCUT2D eigenvalue weighted by Crippen LogP contribution is 2.30. The van der Waals surface area contributed by atoms with E-state index in [1.807, 2.05) is 13.0 Å². The van der Waals surface area contributed by atoms with Gasteiger partial charge in [-0.1, -0.05) is 12.1 Å². The molecule has 0 aliphatic carbocycles. The fraction of sp³-hybridized carbons (Fsp3) is 0.250. The van der Waals surface area contributed by atoms with Gasteiger partial charge < -0.3 is 9.47 Å². The van der Waals surface area contributed by atoms with Crippen LogP contribution in [0.3, 0.4) is 0 Å². The Kier molecular flexibility index (Phi) is 5.94. The van der Waals surface area contributed by atoms with Crippen LogP contribution >= 0.6 is 0 Å². The predicted octanol–water partition coefficient (Wildman–Crippen LogP) is 1.66. The molecule has 2 amide bonds. The number of urea groups is 1. The lowest BCUT2D eigenvalue weighted by Gasteiger charge is -2.24. The van der Waals surface area contributed by atoms with Gasteiger partial charge in [-0.3, -0.25) is 5.01 Å². The Labute approximate surface area is 140 Å². The molecule has 0 saturated heterocycles. The van der Waals surface area contributed by atoms with Crippen LogP contribution in [-0.4, -0.2) is 29.7 Å². The zero-order valence-corrected chi connectivity index (χ0v) is 13.7. The van der Waals surface area contributed by atoms with Gasteiger partial charge in [0.15, 0.2) is 0 Å². The molecule has 128 valence electrons. The van der Waals surface area contributed by atoms with E-state index in [4.69, 9.17) is 21.2 Å². The number of anilines is 1. The Morgan fingerprint density at radius 3 is 2.58 bits per heavy atom. The summed E-state index contributed by atoms with van der Waals surface area (Å²) in [5.41, 5.74) is 1.07. The summed E-state index contributed by atoms with van der Waals surface area (Å²) in [6.45, 7) is 2.47. The van der Waals surface area contributed by atoms with Crippen molar-refractivity contribution in [2.24, 2.45) is 11.7 Å². The third-order valence-electron chi connectivity index (χ3n) is 3.18. The molecule has 8 heteroatoms. The highest BCUT2D eigenvalue weighted by atomic mass is 16.5. The SMILES string of the molecule is CCOc1cccc(N(N)C(=O)N(C)N)c1COc1ccccn1. The predicted molar refractivity (Wildman–Crippen MR) is 90.2 cm³/mol. The second-order valence-corrected chi connectivity index (χ2v) is 4.91. The molecule has 2 aromatic rings. The molecule has 0 fully saturated rings. The average molecular weight is 331 g/mol. The number of benzene rings is 1. The lowest BCUT2D eigenvalue weighted by Crippen LogP contribution is -2.49.